The van der Waals surface area contributed by atoms with Gasteiger partial charge in [0, 0.05) is 31.4 Å². The Morgan fingerprint density at radius 3 is 3.07 bits per heavy atom. The lowest BCUT2D eigenvalue weighted by molar-refractivity contribution is 0.458. The molecule has 0 amide bonds. The minimum atomic E-state index is 0.400. The van der Waals surface area contributed by atoms with Crippen LogP contribution < -0.4 is 5.73 Å². The molecule has 14 heavy (non-hydrogen) atoms. The minimum Gasteiger partial charge on any atom is -0.335 e. The summed E-state index contributed by atoms with van der Waals surface area (Å²) in [5.74, 6) is 1.86. The highest BCUT2D eigenvalue weighted by Gasteiger charge is 2.25. The molecular weight excluding hydrogens is 174 g/mol. The van der Waals surface area contributed by atoms with E-state index < -0.39 is 0 Å². The lowest BCUT2D eigenvalue weighted by Gasteiger charge is -2.15. The molecule has 2 N–H and O–H groups in total. The summed E-state index contributed by atoms with van der Waals surface area (Å²) in [5.41, 5.74) is 6.05. The Bertz CT molecular complexity index is 292. The van der Waals surface area contributed by atoms with Crippen LogP contribution in [-0.2, 0) is 13.0 Å². The van der Waals surface area contributed by atoms with Crippen molar-refractivity contribution in [1.82, 2.24) is 9.55 Å². The van der Waals surface area contributed by atoms with Gasteiger partial charge in [0.25, 0.3) is 0 Å². The second-order valence-electron chi connectivity index (χ2n) is 4.19. The van der Waals surface area contributed by atoms with Gasteiger partial charge in [0.15, 0.2) is 0 Å². The second-order valence-corrected chi connectivity index (χ2v) is 4.19. The highest BCUT2D eigenvalue weighted by Crippen LogP contribution is 2.26. The normalized spacial score (nSPS) is 27.0. The number of nitrogens with zero attached hydrogens (tertiary/aromatic N) is 2. The Balaban J connectivity index is 2.02. The number of aryl methyl sites for hydroxylation is 1. The summed E-state index contributed by atoms with van der Waals surface area (Å²) in [4.78, 5) is 4.39. The average molecular weight is 193 g/mol. The average Bonchev–Trinajstić information content (AvgIpc) is 2.77. The summed E-state index contributed by atoms with van der Waals surface area (Å²) < 4.78 is 2.21. The molecule has 1 aromatic heterocycles. The molecule has 0 aromatic carbocycles. The van der Waals surface area contributed by atoms with Gasteiger partial charge in [0.05, 0.1) is 0 Å². The molecule has 1 aromatic rings. The van der Waals surface area contributed by atoms with E-state index in [1.807, 2.05) is 6.20 Å². The molecular formula is C11H19N3. The fourth-order valence-electron chi connectivity index (χ4n) is 2.37. The van der Waals surface area contributed by atoms with Crippen LogP contribution in [-0.4, -0.2) is 15.6 Å². The molecule has 2 unspecified atom stereocenters. The number of hydrogen-bond acceptors (Lipinski definition) is 2. The summed E-state index contributed by atoms with van der Waals surface area (Å²) in [6, 6.07) is 0.400. The van der Waals surface area contributed by atoms with Crippen molar-refractivity contribution in [3.05, 3.63) is 18.2 Å². The Morgan fingerprint density at radius 1 is 1.57 bits per heavy atom. The van der Waals surface area contributed by atoms with E-state index in [2.05, 4.69) is 22.7 Å². The van der Waals surface area contributed by atoms with Crippen molar-refractivity contribution >= 4 is 0 Å². The molecule has 3 nitrogen and oxygen atoms in total. The van der Waals surface area contributed by atoms with E-state index in [9.17, 15) is 0 Å². The van der Waals surface area contributed by atoms with Crippen LogP contribution >= 0.6 is 0 Å². The van der Waals surface area contributed by atoms with E-state index in [-0.39, 0.29) is 0 Å². The number of nitrogens with two attached hydrogens (primary N) is 1. The van der Waals surface area contributed by atoms with Crippen LogP contribution in [0.1, 0.15) is 32.0 Å². The standard InChI is InChI=1S/C11H19N3/c1-2-14-7-6-13-11(14)8-9-4-3-5-10(9)12/h6-7,9-10H,2-5,8,12H2,1H3. The van der Waals surface area contributed by atoms with Crippen LogP contribution in [0.5, 0.6) is 0 Å². The summed E-state index contributed by atoms with van der Waals surface area (Å²) in [7, 11) is 0. The van der Waals surface area contributed by atoms with Crippen molar-refractivity contribution in [1.29, 1.82) is 0 Å². The SMILES string of the molecule is CCn1ccnc1CC1CCCC1N. The lowest BCUT2D eigenvalue weighted by atomic mass is 10.00. The molecule has 0 saturated heterocycles. The van der Waals surface area contributed by atoms with Gasteiger partial charge in [-0.15, -0.1) is 0 Å². The predicted octanol–water partition coefficient (Wildman–Crippen LogP) is 1.57. The topological polar surface area (TPSA) is 43.8 Å². The van der Waals surface area contributed by atoms with Crippen molar-refractivity contribution in [2.24, 2.45) is 11.7 Å². The zero-order valence-electron chi connectivity index (χ0n) is 8.82. The van der Waals surface area contributed by atoms with E-state index in [1.165, 1.54) is 25.1 Å². The highest BCUT2D eigenvalue weighted by atomic mass is 15.1. The molecule has 0 aliphatic heterocycles. The molecule has 2 rings (SSSR count). The van der Waals surface area contributed by atoms with Crippen molar-refractivity contribution in [3.63, 3.8) is 0 Å². The van der Waals surface area contributed by atoms with Gasteiger partial charge in [-0.3, -0.25) is 0 Å². The Labute approximate surface area is 85.3 Å². The van der Waals surface area contributed by atoms with Crippen molar-refractivity contribution in [2.45, 2.75) is 45.2 Å². The quantitative estimate of drug-likeness (QED) is 0.792. The second kappa shape index (κ2) is 4.13. The Morgan fingerprint density at radius 2 is 2.43 bits per heavy atom. The first-order valence-corrected chi connectivity index (χ1v) is 5.57. The molecule has 1 fully saturated rings. The van der Waals surface area contributed by atoms with Crippen molar-refractivity contribution in [2.75, 3.05) is 0 Å². The Kier molecular flexibility index (Phi) is 2.87. The third kappa shape index (κ3) is 1.82. The van der Waals surface area contributed by atoms with Crippen LogP contribution in [0.25, 0.3) is 0 Å². The molecule has 1 aliphatic carbocycles. The zero-order chi connectivity index (χ0) is 9.97. The van der Waals surface area contributed by atoms with Gasteiger partial charge in [-0.05, 0) is 25.7 Å². The number of hydrogen-bond donors (Lipinski definition) is 1. The van der Waals surface area contributed by atoms with Gasteiger partial charge in [-0.2, -0.15) is 0 Å². The summed E-state index contributed by atoms with van der Waals surface area (Å²) >= 11 is 0. The van der Waals surface area contributed by atoms with Gasteiger partial charge in [-0.1, -0.05) is 6.42 Å². The maximum Gasteiger partial charge on any atom is 0.108 e. The van der Waals surface area contributed by atoms with E-state index in [0.717, 1.165) is 13.0 Å². The van der Waals surface area contributed by atoms with E-state index in [1.54, 1.807) is 0 Å². The van der Waals surface area contributed by atoms with Gasteiger partial charge < -0.3 is 10.3 Å². The lowest BCUT2D eigenvalue weighted by Crippen LogP contribution is -2.26. The van der Waals surface area contributed by atoms with Crippen molar-refractivity contribution in [3.8, 4) is 0 Å². The minimum absolute atomic E-state index is 0.400. The van der Waals surface area contributed by atoms with Gasteiger partial charge in [-0.25, -0.2) is 4.98 Å². The molecule has 1 saturated carbocycles. The third-order valence-corrected chi connectivity index (χ3v) is 3.31. The first-order valence-electron chi connectivity index (χ1n) is 5.57. The molecule has 2 atom stereocenters. The first-order chi connectivity index (χ1) is 6.81. The molecule has 78 valence electrons. The largest absolute Gasteiger partial charge is 0.335 e. The van der Waals surface area contributed by atoms with Crippen LogP contribution in [0.2, 0.25) is 0 Å². The van der Waals surface area contributed by atoms with Gasteiger partial charge in [0.1, 0.15) is 5.82 Å². The fourth-order valence-corrected chi connectivity index (χ4v) is 2.37. The van der Waals surface area contributed by atoms with Crippen LogP contribution in [0.3, 0.4) is 0 Å². The monoisotopic (exact) mass is 193 g/mol. The third-order valence-electron chi connectivity index (χ3n) is 3.31. The first kappa shape index (κ1) is 9.71. The summed E-state index contributed by atoms with van der Waals surface area (Å²) in [5, 5.41) is 0. The van der Waals surface area contributed by atoms with E-state index in [0.29, 0.717) is 12.0 Å². The maximum absolute atomic E-state index is 6.05. The van der Waals surface area contributed by atoms with Gasteiger partial charge >= 0.3 is 0 Å². The molecule has 3 heteroatoms. The summed E-state index contributed by atoms with van der Waals surface area (Å²) in [6.45, 7) is 3.16. The van der Waals surface area contributed by atoms with Crippen LogP contribution in [0, 0.1) is 5.92 Å². The zero-order valence-corrected chi connectivity index (χ0v) is 8.82. The van der Waals surface area contributed by atoms with Gasteiger partial charge in [0.2, 0.25) is 0 Å². The molecule has 1 heterocycles. The number of aromatic nitrogens is 2. The Hall–Kier alpha value is -0.830. The maximum atomic E-state index is 6.05. The van der Waals surface area contributed by atoms with Crippen molar-refractivity contribution < 1.29 is 0 Å². The van der Waals surface area contributed by atoms with Crippen LogP contribution in [0.4, 0.5) is 0 Å². The smallest absolute Gasteiger partial charge is 0.108 e. The summed E-state index contributed by atoms with van der Waals surface area (Å²) in [6.07, 6.45) is 8.75. The van der Waals surface area contributed by atoms with E-state index in [4.69, 9.17) is 5.73 Å². The number of imidazole rings is 1. The highest BCUT2D eigenvalue weighted by molar-refractivity contribution is 4.96. The van der Waals surface area contributed by atoms with E-state index >= 15 is 0 Å². The molecule has 1 aliphatic rings. The molecule has 0 spiro atoms. The van der Waals surface area contributed by atoms with Crippen LogP contribution in [0.15, 0.2) is 12.4 Å². The molecule has 0 bridgehead atoms. The predicted molar refractivity (Wildman–Crippen MR) is 56.9 cm³/mol. The fraction of sp³-hybridized carbons (Fsp3) is 0.727. The number of rotatable bonds is 3. The molecule has 0 radical (unpaired) electrons.